The standard InChI is InChI=1S/C18H24N2O2/c1-12(2)19-17(21)7-5-6-16-14(4)22-18(20-16)15-10-8-13(3)9-11-15/h8-12H,5-7H2,1-4H3,(H,19,21). The Hall–Kier alpha value is -2.10. The van der Waals surface area contributed by atoms with E-state index in [0.29, 0.717) is 12.3 Å². The van der Waals surface area contributed by atoms with E-state index in [1.165, 1.54) is 5.56 Å². The van der Waals surface area contributed by atoms with E-state index in [2.05, 4.69) is 17.2 Å². The van der Waals surface area contributed by atoms with Crippen LogP contribution in [0.25, 0.3) is 11.5 Å². The van der Waals surface area contributed by atoms with Crippen LogP contribution in [0.5, 0.6) is 0 Å². The van der Waals surface area contributed by atoms with Crippen molar-refractivity contribution in [3.05, 3.63) is 41.3 Å². The number of aryl methyl sites for hydroxylation is 3. The lowest BCUT2D eigenvalue weighted by Gasteiger charge is -2.07. The number of nitrogens with one attached hydrogen (secondary N) is 1. The molecule has 1 aromatic heterocycles. The normalized spacial score (nSPS) is 11.0. The molecule has 1 N–H and O–H groups in total. The summed E-state index contributed by atoms with van der Waals surface area (Å²) >= 11 is 0. The zero-order valence-electron chi connectivity index (χ0n) is 13.8. The second kappa shape index (κ2) is 7.25. The van der Waals surface area contributed by atoms with Crippen molar-refractivity contribution in [3.63, 3.8) is 0 Å². The number of nitrogens with zero attached hydrogens (tertiary/aromatic N) is 1. The van der Waals surface area contributed by atoms with Crippen LogP contribution in [0.3, 0.4) is 0 Å². The molecule has 0 bridgehead atoms. The Bertz CT molecular complexity index is 627. The lowest BCUT2D eigenvalue weighted by atomic mass is 10.1. The van der Waals surface area contributed by atoms with Gasteiger partial charge in [-0.15, -0.1) is 0 Å². The maximum absolute atomic E-state index is 11.6. The largest absolute Gasteiger partial charge is 0.441 e. The van der Waals surface area contributed by atoms with E-state index in [1.807, 2.05) is 45.0 Å². The highest BCUT2D eigenvalue weighted by atomic mass is 16.4. The van der Waals surface area contributed by atoms with E-state index in [1.54, 1.807) is 0 Å². The van der Waals surface area contributed by atoms with E-state index in [4.69, 9.17) is 4.42 Å². The zero-order chi connectivity index (χ0) is 16.1. The first-order chi connectivity index (χ1) is 10.5. The molecule has 0 aliphatic carbocycles. The van der Waals surface area contributed by atoms with Gasteiger partial charge in [-0.25, -0.2) is 4.98 Å². The molecule has 0 aliphatic heterocycles. The third kappa shape index (κ3) is 4.45. The van der Waals surface area contributed by atoms with Gasteiger partial charge in [0.2, 0.25) is 11.8 Å². The number of carbonyl (C=O) groups excluding carboxylic acids is 1. The molecule has 1 aromatic carbocycles. The summed E-state index contributed by atoms with van der Waals surface area (Å²) in [5, 5.41) is 2.90. The summed E-state index contributed by atoms with van der Waals surface area (Å²) in [5.41, 5.74) is 3.13. The summed E-state index contributed by atoms with van der Waals surface area (Å²) in [6.07, 6.45) is 2.05. The molecule has 4 nitrogen and oxygen atoms in total. The minimum Gasteiger partial charge on any atom is -0.441 e. The average molecular weight is 300 g/mol. The van der Waals surface area contributed by atoms with Gasteiger partial charge in [-0.05, 0) is 52.7 Å². The Morgan fingerprint density at radius 3 is 2.55 bits per heavy atom. The number of hydrogen-bond donors (Lipinski definition) is 1. The van der Waals surface area contributed by atoms with Crippen LogP contribution >= 0.6 is 0 Å². The monoisotopic (exact) mass is 300 g/mol. The van der Waals surface area contributed by atoms with Crippen LogP contribution in [0.1, 0.15) is 43.7 Å². The van der Waals surface area contributed by atoms with Gasteiger partial charge in [0.1, 0.15) is 5.76 Å². The number of amides is 1. The fraction of sp³-hybridized carbons (Fsp3) is 0.444. The van der Waals surface area contributed by atoms with E-state index >= 15 is 0 Å². The highest BCUT2D eigenvalue weighted by Gasteiger charge is 2.12. The van der Waals surface area contributed by atoms with Crippen molar-refractivity contribution in [2.75, 3.05) is 0 Å². The molecule has 118 valence electrons. The third-order valence-corrected chi connectivity index (χ3v) is 3.46. The second-order valence-corrected chi connectivity index (χ2v) is 5.96. The van der Waals surface area contributed by atoms with Gasteiger partial charge in [-0.3, -0.25) is 4.79 Å². The Labute approximate surface area is 131 Å². The second-order valence-electron chi connectivity index (χ2n) is 5.96. The van der Waals surface area contributed by atoms with Crippen LogP contribution in [-0.4, -0.2) is 16.9 Å². The average Bonchev–Trinajstić information content (AvgIpc) is 2.80. The Morgan fingerprint density at radius 2 is 1.91 bits per heavy atom. The molecule has 0 saturated heterocycles. The Balaban J connectivity index is 1.95. The van der Waals surface area contributed by atoms with Crippen LogP contribution < -0.4 is 5.32 Å². The predicted molar refractivity (Wildman–Crippen MR) is 87.6 cm³/mol. The van der Waals surface area contributed by atoms with E-state index in [9.17, 15) is 4.79 Å². The fourth-order valence-electron chi connectivity index (χ4n) is 2.29. The molecule has 0 atom stereocenters. The van der Waals surface area contributed by atoms with Gasteiger partial charge in [0.05, 0.1) is 5.69 Å². The van der Waals surface area contributed by atoms with Crippen molar-refractivity contribution in [2.45, 2.75) is 53.0 Å². The minimum absolute atomic E-state index is 0.0925. The highest BCUT2D eigenvalue weighted by Crippen LogP contribution is 2.23. The first-order valence-electron chi connectivity index (χ1n) is 7.78. The number of hydrogen-bond acceptors (Lipinski definition) is 3. The van der Waals surface area contributed by atoms with Crippen LogP contribution in [0.4, 0.5) is 0 Å². The van der Waals surface area contributed by atoms with Crippen molar-refractivity contribution in [3.8, 4) is 11.5 Å². The summed E-state index contributed by atoms with van der Waals surface area (Å²) in [6, 6.07) is 8.31. The Morgan fingerprint density at radius 1 is 1.23 bits per heavy atom. The van der Waals surface area contributed by atoms with Gasteiger partial charge in [0, 0.05) is 18.0 Å². The molecule has 22 heavy (non-hydrogen) atoms. The van der Waals surface area contributed by atoms with Crippen LogP contribution in [0, 0.1) is 13.8 Å². The lowest BCUT2D eigenvalue weighted by Crippen LogP contribution is -2.29. The molecule has 0 unspecified atom stereocenters. The lowest BCUT2D eigenvalue weighted by molar-refractivity contribution is -0.121. The van der Waals surface area contributed by atoms with Crippen LogP contribution in [-0.2, 0) is 11.2 Å². The van der Waals surface area contributed by atoms with Crippen LogP contribution in [0.2, 0.25) is 0 Å². The van der Waals surface area contributed by atoms with Crippen molar-refractivity contribution in [1.29, 1.82) is 0 Å². The first kappa shape index (κ1) is 16.3. The molecule has 1 amide bonds. The van der Waals surface area contributed by atoms with Crippen molar-refractivity contribution >= 4 is 5.91 Å². The number of benzene rings is 1. The van der Waals surface area contributed by atoms with Gasteiger partial charge < -0.3 is 9.73 Å². The van der Waals surface area contributed by atoms with E-state index in [-0.39, 0.29) is 11.9 Å². The molecular weight excluding hydrogens is 276 g/mol. The molecule has 4 heteroatoms. The molecule has 0 radical (unpaired) electrons. The summed E-state index contributed by atoms with van der Waals surface area (Å²) in [4.78, 5) is 16.2. The quantitative estimate of drug-likeness (QED) is 0.882. The molecule has 0 saturated carbocycles. The molecule has 0 spiro atoms. The summed E-state index contributed by atoms with van der Waals surface area (Å²) < 4.78 is 5.75. The molecule has 0 aliphatic rings. The summed E-state index contributed by atoms with van der Waals surface area (Å²) in [7, 11) is 0. The number of rotatable bonds is 6. The minimum atomic E-state index is 0.0925. The maximum Gasteiger partial charge on any atom is 0.226 e. The summed E-state index contributed by atoms with van der Waals surface area (Å²) in [6.45, 7) is 7.91. The topological polar surface area (TPSA) is 55.1 Å². The van der Waals surface area contributed by atoms with Gasteiger partial charge in [0.15, 0.2) is 0 Å². The Kier molecular flexibility index (Phi) is 5.36. The molecule has 2 rings (SSSR count). The van der Waals surface area contributed by atoms with Crippen molar-refractivity contribution < 1.29 is 9.21 Å². The third-order valence-electron chi connectivity index (χ3n) is 3.46. The maximum atomic E-state index is 11.6. The van der Waals surface area contributed by atoms with E-state index < -0.39 is 0 Å². The smallest absolute Gasteiger partial charge is 0.226 e. The zero-order valence-corrected chi connectivity index (χ0v) is 13.8. The summed E-state index contributed by atoms with van der Waals surface area (Å²) in [5.74, 6) is 1.58. The first-order valence-corrected chi connectivity index (χ1v) is 7.78. The van der Waals surface area contributed by atoms with Gasteiger partial charge in [-0.1, -0.05) is 17.7 Å². The number of carbonyl (C=O) groups is 1. The molecule has 0 fully saturated rings. The molecule has 2 aromatic rings. The highest BCUT2D eigenvalue weighted by molar-refractivity contribution is 5.76. The van der Waals surface area contributed by atoms with Gasteiger partial charge >= 0.3 is 0 Å². The van der Waals surface area contributed by atoms with Crippen molar-refractivity contribution in [1.82, 2.24) is 10.3 Å². The molecular formula is C18H24N2O2. The molecule has 1 heterocycles. The van der Waals surface area contributed by atoms with Gasteiger partial charge in [-0.2, -0.15) is 0 Å². The number of aromatic nitrogens is 1. The fourth-order valence-corrected chi connectivity index (χ4v) is 2.29. The SMILES string of the molecule is Cc1ccc(-c2nc(CCCC(=O)NC(C)C)c(C)o2)cc1. The van der Waals surface area contributed by atoms with Crippen LogP contribution in [0.15, 0.2) is 28.7 Å². The van der Waals surface area contributed by atoms with E-state index in [0.717, 1.165) is 29.9 Å². The van der Waals surface area contributed by atoms with Crippen molar-refractivity contribution in [2.24, 2.45) is 0 Å². The predicted octanol–water partition coefficient (Wildman–Crippen LogP) is 3.81. The number of oxazole rings is 1. The van der Waals surface area contributed by atoms with Gasteiger partial charge in [0.25, 0.3) is 0 Å².